The lowest BCUT2D eigenvalue weighted by Gasteiger charge is -2.29. The van der Waals surface area contributed by atoms with Gasteiger partial charge in [-0.2, -0.15) is 0 Å². The van der Waals surface area contributed by atoms with Crippen molar-refractivity contribution in [3.63, 3.8) is 0 Å². The molecule has 1 aromatic carbocycles. The van der Waals surface area contributed by atoms with E-state index in [4.69, 9.17) is 0 Å². The minimum absolute atomic E-state index is 0.339. The van der Waals surface area contributed by atoms with Crippen LogP contribution in [0.3, 0.4) is 0 Å². The van der Waals surface area contributed by atoms with Gasteiger partial charge in [0.15, 0.2) is 0 Å². The van der Waals surface area contributed by atoms with Crippen molar-refractivity contribution in [1.29, 1.82) is 0 Å². The maximum Gasteiger partial charge on any atom is 0.114 e. The van der Waals surface area contributed by atoms with Crippen LogP contribution in [0.2, 0.25) is 0 Å². The van der Waals surface area contributed by atoms with Crippen LogP contribution in [-0.4, -0.2) is 15.8 Å². The minimum Gasteiger partial charge on any atom is -0.508 e. The highest BCUT2D eigenvalue weighted by atomic mass is 16.3. The van der Waals surface area contributed by atoms with Gasteiger partial charge in [-0.3, -0.25) is 0 Å². The molecule has 0 aliphatic heterocycles. The molecular weight excluding hydrogens is 236 g/mol. The summed E-state index contributed by atoms with van der Waals surface area (Å²) in [6.45, 7) is 2.08. The molecule has 1 unspecified atom stereocenters. The highest BCUT2D eigenvalue weighted by Gasteiger charge is 2.28. The monoisotopic (exact) mass is 258 g/mol. The predicted molar refractivity (Wildman–Crippen MR) is 78.0 cm³/mol. The van der Waals surface area contributed by atoms with Crippen LogP contribution in [0, 0.1) is 0 Å². The average molecular weight is 258 g/mol. The number of hydrogen-bond acceptors (Lipinski definition) is 2. The third-order valence-electron chi connectivity index (χ3n) is 3.67. The van der Waals surface area contributed by atoms with Gasteiger partial charge in [0.2, 0.25) is 0 Å². The first-order chi connectivity index (χ1) is 9.13. The summed E-state index contributed by atoms with van der Waals surface area (Å²) in [4.78, 5) is 0. The molecule has 1 atom stereocenters. The van der Waals surface area contributed by atoms with E-state index in [-0.39, 0.29) is 0 Å². The summed E-state index contributed by atoms with van der Waals surface area (Å²) >= 11 is 0. The van der Waals surface area contributed by atoms with Gasteiger partial charge in [-0.1, -0.05) is 43.7 Å². The van der Waals surface area contributed by atoms with E-state index < -0.39 is 5.60 Å². The summed E-state index contributed by atoms with van der Waals surface area (Å²) in [6.07, 6.45) is 7.32. The fourth-order valence-electron chi connectivity index (χ4n) is 2.57. The van der Waals surface area contributed by atoms with Crippen LogP contribution in [0.5, 0.6) is 0 Å². The lowest BCUT2D eigenvalue weighted by molar-refractivity contribution is 0.0772. The molecule has 2 nitrogen and oxygen atoms in total. The van der Waals surface area contributed by atoms with Gasteiger partial charge in [0.25, 0.3) is 0 Å². The number of benzene rings is 1. The van der Waals surface area contributed by atoms with Crippen molar-refractivity contribution in [2.24, 2.45) is 0 Å². The Hall–Kier alpha value is -1.54. The predicted octanol–water partition coefficient (Wildman–Crippen LogP) is 3.92. The van der Waals surface area contributed by atoms with Crippen LogP contribution < -0.4 is 0 Å². The normalized spacial score (nSPS) is 22.8. The number of hydrogen-bond donors (Lipinski definition) is 2. The van der Waals surface area contributed by atoms with Crippen molar-refractivity contribution in [3.05, 3.63) is 59.4 Å². The third kappa shape index (κ3) is 3.71. The first-order valence-corrected chi connectivity index (χ1v) is 6.99. The van der Waals surface area contributed by atoms with Crippen molar-refractivity contribution >= 4 is 0 Å². The Morgan fingerprint density at radius 1 is 1.16 bits per heavy atom. The Bertz CT molecular complexity index is 473. The maximum absolute atomic E-state index is 10.6. The van der Waals surface area contributed by atoms with E-state index in [1.54, 1.807) is 12.2 Å². The van der Waals surface area contributed by atoms with Crippen LogP contribution in [0.15, 0.2) is 53.8 Å². The molecule has 0 aromatic heterocycles. The van der Waals surface area contributed by atoms with Crippen LogP contribution in [-0.2, 0) is 6.42 Å². The molecule has 102 valence electrons. The van der Waals surface area contributed by atoms with E-state index in [1.165, 1.54) is 5.56 Å². The fraction of sp³-hybridized carbons (Fsp3) is 0.412. The topological polar surface area (TPSA) is 40.5 Å². The Balaban J connectivity index is 1.99. The van der Waals surface area contributed by atoms with Crippen LogP contribution in [0.25, 0.3) is 0 Å². The summed E-state index contributed by atoms with van der Waals surface area (Å²) < 4.78 is 0. The molecule has 0 amide bonds. The van der Waals surface area contributed by atoms with Crippen molar-refractivity contribution in [2.75, 3.05) is 0 Å². The number of allylic oxidation sites excluding steroid dienone is 1. The minimum atomic E-state index is -0.813. The highest BCUT2D eigenvalue weighted by molar-refractivity contribution is 5.30. The van der Waals surface area contributed by atoms with E-state index in [9.17, 15) is 10.2 Å². The molecule has 1 aliphatic carbocycles. The molecule has 19 heavy (non-hydrogen) atoms. The van der Waals surface area contributed by atoms with Gasteiger partial charge in [-0.15, -0.1) is 0 Å². The van der Waals surface area contributed by atoms with Gasteiger partial charge in [-0.05, 0) is 42.6 Å². The molecule has 0 saturated carbocycles. The van der Waals surface area contributed by atoms with E-state index in [1.807, 2.05) is 18.2 Å². The Morgan fingerprint density at radius 3 is 2.58 bits per heavy atom. The SMILES string of the molecule is CCCC1=C(O)C=CC(O)(CCc2ccccc2)C1. The summed E-state index contributed by atoms with van der Waals surface area (Å²) in [5.74, 6) is 0.339. The van der Waals surface area contributed by atoms with Gasteiger partial charge < -0.3 is 10.2 Å². The van der Waals surface area contributed by atoms with Gasteiger partial charge in [0, 0.05) is 6.42 Å². The molecule has 0 bridgehead atoms. The molecule has 1 aliphatic rings. The molecule has 0 radical (unpaired) electrons. The fourth-order valence-corrected chi connectivity index (χ4v) is 2.57. The number of aliphatic hydroxyl groups excluding tert-OH is 1. The highest BCUT2D eigenvalue weighted by Crippen LogP contribution is 2.32. The van der Waals surface area contributed by atoms with Crippen molar-refractivity contribution in [1.82, 2.24) is 0 Å². The molecule has 2 rings (SSSR count). The maximum atomic E-state index is 10.6. The second-order valence-electron chi connectivity index (χ2n) is 5.34. The zero-order chi connectivity index (χ0) is 13.7. The van der Waals surface area contributed by atoms with Crippen LogP contribution in [0.4, 0.5) is 0 Å². The average Bonchev–Trinajstić information content (AvgIpc) is 2.43. The summed E-state index contributed by atoms with van der Waals surface area (Å²) in [6, 6.07) is 10.2. The smallest absolute Gasteiger partial charge is 0.114 e. The summed E-state index contributed by atoms with van der Waals surface area (Å²) in [5, 5.41) is 20.4. The number of rotatable bonds is 5. The lowest BCUT2D eigenvalue weighted by Crippen LogP contribution is -2.29. The molecule has 2 heteroatoms. The van der Waals surface area contributed by atoms with Gasteiger partial charge in [0.1, 0.15) is 5.76 Å². The summed E-state index contributed by atoms with van der Waals surface area (Å²) in [7, 11) is 0. The van der Waals surface area contributed by atoms with Crippen molar-refractivity contribution in [3.8, 4) is 0 Å². The van der Waals surface area contributed by atoms with Gasteiger partial charge >= 0.3 is 0 Å². The standard InChI is InChI=1S/C17H22O2/c1-2-6-15-13-17(19,12-10-16(15)18)11-9-14-7-4-3-5-8-14/h3-5,7-8,10,12,18-19H,2,6,9,11,13H2,1H3. The number of aliphatic hydroxyl groups is 2. The molecule has 0 saturated heterocycles. The second kappa shape index (κ2) is 6.07. The second-order valence-corrected chi connectivity index (χ2v) is 5.34. The first kappa shape index (κ1) is 13.9. The summed E-state index contributed by atoms with van der Waals surface area (Å²) in [5.41, 5.74) is 1.40. The van der Waals surface area contributed by atoms with Crippen LogP contribution >= 0.6 is 0 Å². The Kier molecular flexibility index (Phi) is 4.43. The van der Waals surface area contributed by atoms with Gasteiger partial charge in [-0.25, -0.2) is 0 Å². The zero-order valence-electron chi connectivity index (χ0n) is 11.5. The molecule has 0 spiro atoms. The lowest BCUT2D eigenvalue weighted by atomic mass is 9.83. The zero-order valence-corrected chi connectivity index (χ0v) is 11.5. The Labute approximate surface area is 115 Å². The number of aryl methyl sites for hydroxylation is 1. The van der Waals surface area contributed by atoms with Crippen molar-refractivity contribution < 1.29 is 10.2 Å². The largest absolute Gasteiger partial charge is 0.508 e. The van der Waals surface area contributed by atoms with E-state index >= 15 is 0 Å². The van der Waals surface area contributed by atoms with Gasteiger partial charge in [0.05, 0.1) is 5.60 Å². The van der Waals surface area contributed by atoms with E-state index in [0.717, 1.165) is 24.8 Å². The third-order valence-corrected chi connectivity index (χ3v) is 3.67. The first-order valence-electron chi connectivity index (χ1n) is 6.99. The van der Waals surface area contributed by atoms with E-state index in [0.29, 0.717) is 18.6 Å². The molecule has 0 heterocycles. The molecular formula is C17H22O2. The van der Waals surface area contributed by atoms with E-state index in [2.05, 4.69) is 19.1 Å². The van der Waals surface area contributed by atoms with Crippen molar-refractivity contribution in [2.45, 2.75) is 44.6 Å². The molecule has 2 N–H and O–H groups in total. The molecule has 1 aromatic rings. The molecule has 0 fully saturated rings. The Morgan fingerprint density at radius 2 is 1.89 bits per heavy atom. The van der Waals surface area contributed by atoms with Crippen LogP contribution in [0.1, 0.15) is 38.2 Å². The quantitative estimate of drug-likeness (QED) is 0.840.